The summed E-state index contributed by atoms with van der Waals surface area (Å²) in [7, 11) is 0. The maximum Gasteiger partial charge on any atom is -0.0110 e. The number of allylic oxidation sites excluding steroid dienone is 4. The minimum atomic E-state index is 0.335. The Hall–Kier alpha value is -0.520. The van der Waals surface area contributed by atoms with E-state index in [1.54, 1.807) is 0 Å². The summed E-state index contributed by atoms with van der Waals surface area (Å²) in [6.07, 6.45) is 7.69. The molecule has 0 aromatic heterocycles. The monoisotopic (exact) mass is 182 g/mol. The Bertz CT molecular complexity index is 159. The van der Waals surface area contributed by atoms with Gasteiger partial charge in [-0.05, 0) is 31.3 Å². The largest absolute Gasteiger partial charge is 0.0874 e. The predicted molar refractivity (Wildman–Crippen MR) is 64.0 cm³/mol. The van der Waals surface area contributed by atoms with Crippen molar-refractivity contribution in [3.63, 3.8) is 0 Å². The lowest BCUT2D eigenvalue weighted by Crippen LogP contribution is -2.11. The molecule has 0 aromatic carbocycles. The van der Waals surface area contributed by atoms with Crippen molar-refractivity contribution in [3.05, 3.63) is 23.8 Å². The van der Waals surface area contributed by atoms with Gasteiger partial charge in [0.05, 0.1) is 0 Å². The zero-order chi connectivity index (χ0) is 10.9. The van der Waals surface area contributed by atoms with Crippen LogP contribution in [0, 0.1) is 5.41 Å². The number of hydrogen-bond donors (Lipinski definition) is 0. The zero-order valence-electron chi connectivity index (χ0n) is 10.4. The highest BCUT2D eigenvalue weighted by Crippen LogP contribution is 2.30. The van der Waals surface area contributed by atoms with E-state index in [1.807, 2.05) is 13.8 Å². The van der Waals surface area contributed by atoms with E-state index in [9.17, 15) is 0 Å². The van der Waals surface area contributed by atoms with Gasteiger partial charge in [-0.15, -0.1) is 0 Å². The Labute approximate surface area is 84.7 Å². The molecule has 0 aliphatic heterocycles. The van der Waals surface area contributed by atoms with Crippen molar-refractivity contribution in [3.8, 4) is 0 Å². The van der Waals surface area contributed by atoms with Crippen LogP contribution in [-0.4, -0.2) is 0 Å². The molecule has 0 aliphatic carbocycles. The summed E-state index contributed by atoms with van der Waals surface area (Å²) in [4.78, 5) is 0. The first-order valence-corrected chi connectivity index (χ1v) is 5.38. The Morgan fingerprint density at radius 3 is 1.85 bits per heavy atom. The van der Waals surface area contributed by atoms with Crippen molar-refractivity contribution >= 4 is 0 Å². The average molecular weight is 182 g/mol. The van der Waals surface area contributed by atoms with Crippen LogP contribution in [0.4, 0.5) is 0 Å². The van der Waals surface area contributed by atoms with Gasteiger partial charge in [0.1, 0.15) is 0 Å². The molecular formula is C13H26. The second-order valence-electron chi connectivity index (χ2n) is 3.48. The van der Waals surface area contributed by atoms with Crippen LogP contribution in [0.5, 0.6) is 0 Å². The lowest BCUT2D eigenvalue weighted by atomic mass is 9.81. The van der Waals surface area contributed by atoms with Gasteiger partial charge >= 0.3 is 0 Å². The molecule has 0 nitrogen and oxygen atoms in total. The fourth-order valence-corrected chi connectivity index (χ4v) is 1.10. The van der Waals surface area contributed by atoms with Gasteiger partial charge in [0.2, 0.25) is 0 Å². The maximum absolute atomic E-state index is 2.28. The van der Waals surface area contributed by atoms with E-state index in [2.05, 4.69) is 52.8 Å². The van der Waals surface area contributed by atoms with Crippen molar-refractivity contribution in [1.82, 2.24) is 0 Å². The van der Waals surface area contributed by atoms with Crippen molar-refractivity contribution in [2.75, 3.05) is 0 Å². The molecule has 0 spiro atoms. The minimum absolute atomic E-state index is 0.335. The summed E-state index contributed by atoms with van der Waals surface area (Å²) >= 11 is 0. The van der Waals surface area contributed by atoms with E-state index in [0.717, 1.165) is 0 Å². The van der Waals surface area contributed by atoms with Gasteiger partial charge in [0.15, 0.2) is 0 Å². The smallest absolute Gasteiger partial charge is 0.0110 e. The predicted octanol–water partition coefficient (Wildman–Crippen LogP) is 4.97. The lowest BCUT2D eigenvalue weighted by molar-refractivity contribution is 0.439. The summed E-state index contributed by atoms with van der Waals surface area (Å²) in [6.45, 7) is 15.0. The summed E-state index contributed by atoms with van der Waals surface area (Å²) in [5.41, 5.74) is 1.77. The van der Waals surface area contributed by atoms with Crippen LogP contribution >= 0.6 is 0 Å². The fourth-order valence-electron chi connectivity index (χ4n) is 1.10. The standard InChI is InChI=1S/C11H20.C2H6/c1-6-9-10(7-2)11(4,5)8-3;1-2/h6-7,9H,8H2,1-5H3;1-2H3/b9-6-,10-7+;. The van der Waals surface area contributed by atoms with Crippen LogP contribution in [0.1, 0.15) is 54.9 Å². The van der Waals surface area contributed by atoms with E-state index in [1.165, 1.54) is 12.0 Å². The molecule has 0 rings (SSSR count). The molecule has 0 N–H and O–H groups in total. The van der Waals surface area contributed by atoms with Crippen LogP contribution in [0.25, 0.3) is 0 Å². The van der Waals surface area contributed by atoms with Crippen LogP contribution in [0.15, 0.2) is 23.8 Å². The van der Waals surface area contributed by atoms with Gasteiger partial charge in [-0.2, -0.15) is 0 Å². The summed E-state index contributed by atoms with van der Waals surface area (Å²) < 4.78 is 0. The average Bonchev–Trinajstić information content (AvgIpc) is 2.17. The quantitative estimate of drug-likeness (QED) is 0.540. The molecule has 0 saturated heterocycles. The van der Waals surface area contributed by atoms with Gasteiger partial charge in [0, 0.05) is 0 Å². The third-order valence-corrected chi connectivity index (χ3v) is 2.32. The second kappa shape index (κ2) is 8.10. The van der Waals surface area contributed by atoms with E-state index in [-0.39, 0.29) is 0 Å². The highest BCUT2D eigenvalue weighted by atomic mass is 14.2. The Kier molecular flexibility index (Phi) is 9.33. The molecule has 0 aliphatic rings. The zero-order valence-corrected chi connectivity index (χ0v) is 10.4. The molecule has 0 saturated carbocycles. The summed E-state index contributed by atoms with van der Waals surface area (Å²) in [5.74, 6) is 0. The molecular weight excluding hydrogens is 156 g/mol. The third kappa shape index (κ3) is 5.68. The topological polar surface area (TPSA) is 0 Å². The third-order valence-electron chi connectivity index (χ3n) is 2.32. The van der Waals surface area contributed by atoms with Crippen molar-refractivity contribution in [2.45, 2.75) is 54.9 Å². The molecule has 0 unspecified atom stereocenters. The van der Waals surface area contributed by atoms with Crippen molar-refractivity contribution in [1.29, 1.82) is 0 Å². The van der Waals surface area contributed by atoms with Crippen LogP contribution in [0.2, 0.25) is 0 Å². The second-order valence-corrected chi connectivity index (χ2v) is 3.48. The van der Waals surface area contributed by atoms with E-state index < -0.39 is 0 Å². The number of hydrogen-bond acceptors (Lipinski definition) is 0. The van der Waals surface area contributed by atoms with Crippen LogP contribution < -0.4 is 0 Å². The molecule has 0 radical (unpaired) electrons. The van der Waals surface area contributed by atoms with Crippen molar-refractivity contribution < 1.29 is 0 Å². The highest BCUT2D eigenvalue weighted by Gasteiger charge is 2.17. The Morgan fingerprint density at radius 2 is 1.62 bits per heavy atom. The Morgan fingerprint density at radius 1 is 1.15 bits per heavy atom. The van der Waals surface area contributed by atoms with Crippen molar-refractivity contribution in [2.24, 2.45) is 5.41 Å². The van der Waals surface area contributed by atoms with E-state index in [0.29, 0.717) is 5.41 Å². The van der Waals surface area contributed by atoms with Gasteiger partial charge < -0.3 is 0 Å². The fraction of sp³-hybridized carbons (Fsp3) is 0.692. The Balaban J connectivity index is 0. The van der Waals surface area contributed by atoms with Crippen LogP contribution in [0.3, 0.4) is 0 Å². The first-order chi connectivity index (χ1) is 6.08. The van der Waals surface area contributed by atoms with E-state index >= 15 is 0 Å². The summed E-state index contributed by atoms with van der Waals surface area (Å²) in [5, 5.41) is 0. The van der Waals surface area contributed by atoms with Gasteiger partial charge in [-0.1, -0.05) is 52.8 Å². The molecule has 78 valence electrons. The minimum Gasteiger partial charge on any atom is -0.0874 e. The first-order valence-electron chi connectivity index (χ1n) is 5.38. The first kappa shape index (κ1) is 15.0. The van der Waals surface area contributed by atoms with Gasteiger partial charge in [-0.25, -0.2) is 0 Å². The maximum atomic E-state index is 2.28. The molecule has 13 heavy (non-hydrogen) atoms. The highest BCUT2D eigenvalue weighted by molar-refractivity contribution is 5.24. The molecule has 0 fully saturated rings. The number of rotatable bonds is 3. The normalized spacial score (nSPS) is 12.7. The summed E-state index contributed by atoms with van der Waals surface area (Å²) in [6, 6.07) is 0. The molecule has 0 bridgehead atoms. The molecule has 0 atom stereocenters. The van der Waals surface area contributed by atoms with Gasteiger partial charge in [0.25, 0.3) is 0 Å². The molecule has 0 amide bonds. The van der Waals surface area contributed by atoms with E-state index in [4.69, 9.17) is 0 Å². The lowest BCUT2D eigenvalue weighted by Gasteiger charge is -2.24. The van der Waals surface area contributed by atoms with Gasteiger partial charge in [-0.3, -0.25) is 0 Å². The SMILES string of the molecule is C/C=C\C(=C/C)C(C)(C)CC.CC. The molecule has 0 heteroatoms. The molecule has 0 aromatic rings. The molecule has 0 heterocycles. The van der Waals surface area contributed by atoms with Crippen LogP contribution in [-0.2, 0) is 0 Å².